The number of carbonyl (C=O) groups excluding carboxylic acids is 1. The molecule has 0 radical (unpaired) electrons. The third kappa shape index (κ3) is 3.38. The van der Waals surface area contributed by atoms with Crippen molar-refractivity contribution in [1.29, 1.82) is 0 Å². The zero-order valence-electron chi connectivity index (χ0n) is 13.9. The number of benzene rings is 1. The predicted molar refractivity (Wildman–Crippen MR) is 98.9 cm³/mol. The summed E-state index contributed by atoms with van der Waals surface area (Å²) >= 11 is 6.23. The van der Waals surface area contributed by atoms with Crippen LogP contribution in [-0.2, 0) is 6.61 Å². The van der Waals surface area contributed by atoms with Crippen molar-refractivity contribution in [3.8, 4) is 17.3 Å². The van der Waals surface area contributed by atoms with Gasteiger partial charge in [0.05, 0.1) is 17.0 Å². The molecule has 0 aliphatic rings. The van der Waals surface area contributed by atoms with Crippen LogP contribution in [0.1, 0.15) is 16.3 Å². The monoisotopic (exact) mass is 383 g/mol. The second-order valence-electron chi connectivity index (χ2n) is 5.64. The maximum Gasteiger partial charge on any atom is 0.291 e. The summed E-state index contributed by atoms with van der Waals surface area (Å²) < 4.78 is 12.5. The third-order valence-corrected chi connectivity index (χ3v) is 4.23. The molecule has 0 aliphatic heterocycles. The van der Waals surface area contributed by atoms with Gasteiger partial charge in [-0.15, -0.1) is 0 Å². The van der Waals surface area contributed by atoms with Crippen molar-refractivity contribution < 1.29 is 18.7 Å². The molecule has 0 bridgehead atoms. The summed E-state index contributed by atoms with van der Waals surface area (Å²) in [5.74, 6) is 1.30. The maximum atomic E-state index is 12.2. The molecule has 0 atom stereocenters. The Morgan fingerprint density at radius 1 is 1.26 bits per heavy atom. The van der Waals surface area contributed by atoms with Crippen LogP contribution < -0.4 is 5.32 Å². The molecular weight excluding hydrogens is 370 g/mol. The van der Waals surface area contributed by atoms with E-state index in [1.807, 2.05) is 0 Å². The summed E-state index contributed by atoms with van der Waals surface area (Å²) in [7, 11) is 0. The van der Waals surface area contributed by atoms with Crippen molar-refractivity contribution in [3.05, 3.63) is 77.7 Å². The first-order valence-corrected chi connectivity index (χ1v) is 8.41. The van der Waals surface area contributed by atoms with E-state index in [1.54, 1.807) is 59.4 Å². The Kier molecular flexibility index (Phi) is 4.53. The first-order valence-electron chi connectivity index (χ1n) is 8.04. The van der Waals surface area contributed by atoms with Crippen LogP contribution >= 0.6 is 11.6 Å². The lowest BCUT2D eigenvalue weighted by atomic mass is 10.2. The number of amides is 1. The summed E-state index contributed by atoms with van der Waals surface area (Å²) in [6, 6.07) is 11.8. The van der Waals surface area contributed by atoms with Crippen molar-refractivity contribution in [3.63, 3.8) is 0 Å². The predicted octanol–water partition coefficient (Wildman–Crippen LogP) is 4.12. The number of imidazole rings is 1. The minimum absolute atomic E-state index is 0.187. The molecule has 3 heterocycles. The van der Waals surface area contributed by atoms with Gasteiger partial charge in [-0.05, 0) is 42.5 Å². The van der Waals surface area contributed by atoms with Crippen LogP contribution in [0.25, 0.3) is 17.3 Å². The summed E-state index contributed by atoms with van der Waals surface area (Å²) in [5, 5.41) is 12.3. The molecule has 7 nitrogen and oxygen atoms in total. The smallest absolute Gasteiger partial charge is 0.291 e. The number of aliphatic hydroxyl groups is 1. The average molecular weight is 384 g/mol. The van der Waals surface area contributed by atoms with Crippen LogP contribution in [0.3, 0.4) is 0 Å². The lowest BCUT2D eigenvalue weighted by Crippen LogP contribution is -2.11. The number of furan rings is 2. The molecule has 0 fully saturated rings. The normalized spacial score (nSPS) is 10.9. The van der Waals surface area contributed by atoms with Gasteiger partial charge in [0.25, 0.3) is 5.91 Å². The van der Waals surface area contributed by atoms with Crippen LogP contribution in [0, 0.1) is 0 Å². The average Bonchev–Trinajstić information content (AvgIpc) is 3.43. The number of aromatic nitrogens is 2. The highest BCUT2D eigenvalue weighted by molar-refractivity contribution is 6.34. The molecule has 0 saturated heterocycles. The molecule has 0 unspecified atom stereocenters. The summed E-state index contributed by atoms with van der Waals surface area (Å²) in [4.78, 5) is 16.5. The Labute approximate surface area is 158 Å². The van der Waals surface area contributed by atoms with Crippen LogP contribution in [0.15, 0.2) is 70.0 Å². The third-order valence-electron chi connectivity index (χ3n) is 3.90. The minimum Gasteiger partial charge on any atom is -0.459 e. The Morgan fingerprint density at radius 3 is 2.89 bits per heavy atom. The summed E-state index contributed by atoms with van der Waals surface area (Å²) in [6.45, 7) is -0.190. The fourth-order valence-corrected chi connectivity index (χ4v) is 2.79. The van der Waals surface area contributed by atoms with Gasteiger partial charge < -0.3 is 19.3 Å². The first kappa shape index (κ1) is 17.1. The Hall–Kier alpha value is -3.29. The van der Waals surface area contributed by atoms with Gasteiger partial charge in [0.1, 0.15) is 12.4 Å². The molecule has 4 rings (SSSR count). The fraction of sp³-hybridized carbons (Fsp3) is 0.0526. The molecule has 136 valence electrons. The molecule has 3 aromatic heterocycles. The highest BCUT2D eigenvalue weighted by Crippen LogP contribution is 2.29. The van der Waals surface area contributed by atoms with Crippen LogP contribution in [0.4, 0.5) is 5.69 Å². The lowest BCUT2D eigenvalue weighted by Gasteiger charge is -2.11. The molecule has 4 aromatic rings. The quantitative estimate of drug-likeness (QED) is 0.540. The summed E-state index contributed by atoms with van der Waals surface area (Å²) in [6.07, 6.45) is 4.82. The maximum absolute atomic E-state index is 12.2. The van der Waals surface area contributed by atoms with E-state index in [9.17, 15) is 9.90 Å². The number of hydrogen-bond donors (Lipinski definition) is 2. The fourth-order valence-electron chi connectivity index (χ4n) is 2.63. The molecular formula is C19H14ClN3O4. The SMILES string of the molecule is O=C(Nc1cc(-n2ccnc2-c2ccc(CO)o2)ccc1Cl)c1ccco1. The second-order valence-corrected chi connectivity index (χ2v) is 6.05. The molecule has 27 heavy (non-hydrogen) atoms. The van der Waals surface area contributed by atoms with Gasteiger partial charge >= 0.3 is 0 Å². The van der Waals surface area contributed by atoms with E-state index in [-0.39, 0.29) is 12.4 Å². The van der Waals surface area contributed by atoms with E-state index in [0.717, 1.165) is 5.69 Å². The van der Waals surface area contributed by atoms with E-state index in [4.69, 9.17) is 20.4 Å². The number of nitrogens with one attached hydrogen (secondary N) is 1. The second kappa shape index (κ2) is 7.14. The van der Waals surface area contributed by atoms with Crippen molar-refractivity contribution in [1.82, 2.24) is 9.55 Å². The van der Waals surface area contributed by atoms with Crippen molar-refractivity contribution in [2.24, 2.45) is 0 Å². The molecule has 1 amide bonds. The summed E-state index contributed by atoms with van der Waals surface area (Å²) in [5.41, 5.74) is 1.16. The molecule has 0 aliphatic carbocycles. The van der Waals surface area contributed by atoms with Crippen molar-refractivity contribution >= 4 is 23.2 Å². The van der Waals surface area contributed by atoms with Crippen LogP contribution in [0.2, 0.25) is 5.02 Å². The van der Waals surface area contributed by atoms with E-state index in [1.165, 1.54) is 6.26 Å². The highest BCUT2D eigenvalue weighted by atomic mass is 35.5. The van der Waals surface area contributed by atoms with Gasteiger partial charge in [-0.2, -0.15) is 0 Å². The topological polar surface area (TPSA) is 93.4 Å². The minimum atomic E-state index is -0.400. The number of rotatable bonds is 5. The standard InChI is InChI=1S/C19H14ClN3O4/c20-14-5-3-12(10-15(14)22-19(25)17-2-1-9-26-17)23-8-7-21-18(23)16-6-4-13(11-24)27-16/h1-10,24H,11H2,(H,22,25). The number of carbonyl (C=O) groups is 1. The van der Waals surface area contributed by atoms with Crippen molar-refractivity contribution in [2.45, 2.75) is 6.61 Å². The van der Waals surface area contributed by atoms with E-state index >= 15 is 0 Å². The largest absolute Gasteiger partial charge is 0.459 e. The van der Waals surface area contributed by atoms with Gasteiger partial charge in [-0.1, -0.05) is 11.6 Å². The Bertz CT molecular complexity index is 1080. The van der Waals surface area contributed by atoms with E-state index in [2.05, 4.69) is 10.3 Å². The van der Waals surface area contributed by atoms with E-state index < -0.39 is 5.91 Å². The number of nitrogens with zero attached hydrogens (tertiary/aromatic N) is 2. The van der Waals surface area contributed by atoms with Gasteiger partial charge in [-0.25, -0.2) is 4.98 Å². The number of aliphatic hydroxyl groups excluding tert-OH is 1. The first-order chi connectivity index (χ1) is 13.2. The van der Waals surface area contributed by atoms with Gasteiger partial charge in [0, 0.05) is 18.1 Å². The Morgan fingerprint density at radius 2 is 2.15 bits per heavy atom. The molecule has 2 N–H and O–H groups in total. The zero-order valence-corrected chi connectivity index (χ0v) is 14.7. The number of halogens is 1. The van der Waals surface area contributed by atoms with Gasteiger partial charge in [0.15, 0.2) is 17.3 Å². The number of hydrogen-bond acceptors (Lipinski definition) is 5. The highest BCUT2D eigenvalue weighted by Gasteiger charge is 2.15. The molecule has 0 spiro atoms. The van der Waals surface area contributed by atoms with Crippen molar-refractivity contribution in [2.75, 3.05) is 5.32 Å². The zero-order chi connectivity index (χ0) is 18.8. The van der Waals surface area contributed by atoms with Gasteiger partial charge in [0.2, 0.25) is 0 Å². The van der Waals surface area contributed by atoms with Crippen LogP contribution in [0.5, 0.6) is 0 Å². The van der Waals surface area contributed by atoms with E-state index in [0.29, 0.717) is 28.1 Å². The van der Waals surface area contributed by atoms with Crippen LogP contribution in [-0.4, -0.2) is 20.6 Å². The lowest BCUT2D eigenvalue weighted by molar-refractivity contribution is 0.0996. The number of anilines is 1. The Balaban J connectivity index is 1.68. The molecule has 1 aromatic carbocycles. The molecule has 0 saturated carbocycles. The molecule has 8 heteroatoms. The van der Waals surface area contributed by atoms with Gasteiger partial charge in [-0.3, -0.25) is 9.36 Å².